The van der Waals surface area contributed by atoms with Gasteiger partial charge in [0.15, 0.2) is 0 Å². The standard InChI is InChI=1S/C27H45BrO4/c1-6-17-21-14-16(29)9-11-27(21,4)20-10-12-26(3)18(7-8-19(26)23(20)24(17)30)15(2)13-22(28)25(31)32-5/h15-24,29-30H,6-14H2,1-5H3/t15-,16-,17-,18?,19?,20?,21+,22?,23?,24-,26-,27-/m1/s1. The van der Waals surface area contributed by atoms with Crippen LogP contribution in [0.15, 0.2) is 0 Å². The Hall–Kier alpha value is -0.130. The number of hydrogen-bond acceptors (Lipinski definition) is 4. The summed E-state index contributed by atoms with van der Waals surface area (Å²) in [6.07, 6.45) is 9.12. The monoisotopic (exact) mass is 512 g/mol. The summed E-state index contributed by atoms with van der Waals surface area (Å²) in [7, 11) is 1.46. The molecule has 0 saturated heterocycles. The summed E-state index contributed by atoms with van der Waals surface area (Å²) in [5.41, 5.74) is 0.487. The molecule has 4 aliphatic rings. The van der Waals surface area contributed by atoms with Gasteiger partial charge >= 0.3 is 5.97 Å². The summed E-state index contributed by atoms with van der Waals surface area (Å²) >= 11 is 3.55. The Morgan fingerprint density at radius 1 is 1.06 bits per heavy atom. The molecule has 4 saturated carbocycles. The molecule has 0 aromatic carbocycles. The van der Waals surface area contributed by atoms with Crippen LogP contribution in [0.5, 0.6) is 0 Å². The number of aliphatic hydroxyl groups is 2. The van der Waals surface area contributed by atoms with Crippen molar-refractivity contribution in [2.75, 3.05) is 7.11 Å². The summed E-state index contributed by atoms with van der Waals surface area (Å²) in [4.78, 5) is 11.8. The van der Waals surface area contributed by atoms with Crippen LogP contribution in [0, 0.1) is 52.3 Å². The lowest BCUT2D eigenvalue weighted by Gasteiger charge is -2.64. The first-order valence-electron chi connectivity index (χ1n) is 13.2. The second kappa shape index (κ2) is 9.15. The van der Waals surface area contributed by atoms with Crippen molar-refractivity contribution in [3.05, 3.63) is 0 Å². The van der Waals surface area contributed by atoms with E-state index in [0.717, 1.165) is 32.1 Å². The molecule has 4 rings (SSSR count). The van der Waals surface area contributed by atoms with E-state index >= 15 is 0 Å². The zero-order valence-corrected chi connectivity index (χ0v) is 22.3. The van der Waals surface area contributed by atoms with Gasteiger partial charge in [-0.2, -0.15) is 0 Å². The predicted octanol–water partition coefficient (Wildman–Crippen LogP) is 5.58. The number of rotatable bonds is 5. The third-order valence-electron chi connectivity index (χ3n) is 11.2. The fourth-order valence-electron chi connectivity index (χ4n) is 9.65. The highest BCUT2D eigenvalue weighted by atomic mass is 79.9. The number of alkyl halides is 1. The molecule has 0 bridgehead atoms. The molecule has 184 valence electrons. The van der Waals surface area contributed by atoms with Gasteiger partial charge in [-0.15, -0.1) is 0 Å². The smallest absolute Gasteiger partial charge is 0.319 e. The highest BCUT2D eigenvalue weighted by Gasteiger charge is 2.64. The van der Waals surface area contributed by atoms with Gasteiger partial charge in [-0.25, -0.2) is 0 Å². The first-order valence-corrected chi connectivity index (χ1v) is 14.1. The van der Waals surface area contributed by atoms with Gasteiger partial charge < -0.3 is 14.9 Å². The molecule has 32 heavy (non-hydrogen) atoms. The number of methoxy groups -OCH3 is 1. The van der Waals surface area contributed by atoms with Gasteiger partial charge in [0.05, 0.1) is 19.3 Å². The molecule has 0 radical (unpaired) electrons. The van der Waals surface area contributed by atoms with E-state index in [1.807, 2.05) is 0 Å². The molecule has 0 heterocycles. The van der Waals surface area contributed by atoms with E-state index in [-0.39, 0.29) is 33.8 Å². The molecule has 5 unspecified atom stereocenters. The molecule has 12 atom stereocenters. The van der Waals surface area contributed by atoms with Crippen molar-refractivity contribution in [3.63, 3.8) is 0 Å². The van der Waals surface area contributed by atoms with Crippen molar-refractivity contribution >= 4 is 21.9 Å². The lowest BCUT2D eigenvalue weighted by molar-refractivity contribution is -0.203. The number of halogens is 1. The van der Waals surface area contributed by atoms with E-state index in [0.29, 0.717) is 41.4 Å². The molecule has 0 spiro atoms. The van der Waals surface area contributed by atoms with Gasteiger partial charge in [-0.05, 0) is 104 Å². The normalized spacial score (nSPS) is 50.0. The molecule has 5 heteroatoms. The van der Waals surface area contributed by atoms with Crippen LogP contribution in [-0.4, -0.2) is 40.3 Å². The topological polar surface area (TPSA) is 66.8 Å². The van der Waals surface area contributed by atoms with Crippen LogP contribution in [0.2, 0.25) is 0 Å². The van der Waals surface area contributed by atoms with Gasteiger partial charge in [0.25, 0.3) is 0 Å². The minimum atomic E-state index is -0.244. The molecule has 4 fully saturated rings. The first-order chi connectivity index (χ1) is 15.1. The fourth-order valence-corrected chi connectivity index (χ4v) is 10.4. The zero-order chi connectivity index (χ0) is 23.4. The van der Waals surface area contributed by atoms with Gasteiger partial charge in [-0.1, -0.05) is 50.0 Å². The highest BCUT2D eigenvalue weighted by molar-refractivity contribution is 9.10. The van der Waals surface area contributed by atoms with Crippen LogP contribution in [0.3, 0.4) is 0 Å². The van der Waals surface area contributed by atoms with Gasteiger partial charge in [0.1, 0.15) is 4.83 Å². The van der Waals surface area contributed by atoms with Gasteiger partial charge in [0, 0.05) is 0 Å². The fraction of sp³-hybridized carbons (Fsp3) is 0.963. The summed E-state index contributed by atoms with van der Waals surface area (Å²) in [5.74, 6) is 3.13. The molecule has 0 aromatic rings. The summed E-state index contributed by atoms with van der Waals surface area (Å²) in [6.45, 7) is 9.54. The van der Waals surface area contributed by atoms with Crippen molar-refractivity contribution < 1.29 is 19.7 Å². The Morgan fingerprint density at radius 2 is 1.72 bits per heavy atom. The quantitative estimate of drug-likeness (QED) is 0.372. The Balaban J connectivity index is 1.59. The summed E-state index contributed by atoms with van der Waals surface area (Å²) < 4.78 is 4.95. The Bertz CT molecular complexity index is 699. The zero-order valence-electron chi connectivity index (χ0n) is 20.7. The number of carbonyl (C=O) groups is 1. The van der Waals surface area contributed by atoms with Crippen molar-refractivity contribution in [1.82, 2.24) is 0 Å². The Labute approximate surface area is 203 Å². The third-order valence-corrected chi connectivity index (χ3v) is 11.9. The maximum absolute atomic E-state index is 12.0. The van der Waals surface area contributed by atoms with E-state index in [4.69, 9.17) is 4.74 Å². The van der Waals surface area contributed by atoms with Crippen molar-refractivity contribution in [1.29, 1.82) is 0 Å². The molecule has 0 aliphatic heterocycles. The van der Waals surface area contributed by atoms with Gasteiger partial charge in [-0.3, -0.25) is 4.79 Å². The summed E-state index contributed by atoms with van der Waals surface area (Å²) in [5, 5.41) is 22.2. The molecule has 4 nitrogen and oxygen atoms in total. The molecule has 0 aromatic heterocycles. The van der Waals surface area contributed by atoms with Gasteiger partial charge in [0.2, 0.25) is 0 Å². The molecular formula is C27H45BrO4. The minimum Gasteiger partial charge on any atom is -0.468 e. The number of carbonyl (C=O) groups excluding carboxylic acids is 1. The first kappa shape index (κ1) is 25.0. The Kier molecular flexibility index (Phi) is 7.14. The maximum Gasteiger partial charge on any atom is 0.319 e. The van der Waals surface area contributed by atoms with Crippen LogP contribution >= 0.6 is 15.9 Å². The molecule has 4 aliphatic carbocycles. The maximum atomic E-state index is 12.0. The molecular weight excluding hydrogens is 468 g/mol. The van der Waals surface area contributed by atoms with Crippen LogP contribution in [-0.2, 0) is 9.53 Å². The van der Waals surface area contributed by atoms with Crippen molar-refractivity contribution in [2.24, 2.45) is 52.3 Å². The van der Waals surface area contributed by atoms with E-state index in [1.165, 1.54) is 32.8 Å². The third kappa shape index (κ3) is 3.81. The van der Waals surface area contributed by atoms with E-state index in [9.17, 15) is 15.0 Å². The summed E-state index contributed by atoms with van der Waals surface area (Å²) in [6, 6.07) is 0. The van der Waals surface area contributed by atoms with Crippen LogP contribution in [0.1, 0.15) is 85.5 Å². The highest BCUT2D eigenvalue weighted by Crippen LogP contribution is 2.69. The number of ether oxygens (including phenoxy) is 1. The number of aliphatic hydroxyl groups excluding tert-OH is 2. The number of fused-ring (bicyclic) bond motifs is 5. The van der Waals surface area contributed by atoms with E-state index in [2.05, 4.69) is 43.6 Å². The number of hydrogen-bond donors (Lipinski definition) is 2. The van der Waals surface area contributed by atoms with E-state index in [1.54, 1.807) is 0 Å². The van der Waals surface area contributed by atoms with Crippen LogP contribution < -0.4 is 0 Å². The van der Waals surface area contributed by atoms with Crippen molar-refractivity contribution in [2.45, 2.75) is 103 Å². The lowest BCUT2D eigenvalue weighted by atomic mass is 9.41. The minimum absolute atomic E-state index is 0.174. The average molecular weight is 514 g/mol. The van der Waals surface area contributed by atoms with Crippen LogP contribution in [0.25, 0.3) is 0 Å². The van der Waals surface area contributed by atoms with E-state index < -0.39 is 0 Å². The SMILES string of the molecule is CC[C@H]1[C@@H](O)C2C3CCC([C@H](C)CC(Br)C(=O)OC)[C@@]3(C)CCC2[C@@]2(C)CC[C@@H](O)C[C@@H]12. The second-order valence-electron chi connectivity index (χ2n) is 12.3. The largest absolute Gasteiger partial charge is 0.468 e. The number of esters is 1. The molecule has 2 N–H and O–H groups in total. The van der Waals surface area contributed by atoms with Crippen LogP contribution in [0.4, 0.5) is 0 Å². The predicted molar refractivity (Wildman–Crippen MR) is 130 cm³/mol. The molecule has 0 amide bonds. The van der Waals surface area contributed by atoms with Crippen molar-refractivity contribution in [3.8, 4) is 0 Å². The second-order valence-corrected chi connectivity index (χ2v) is 13.4. The lowest BCUT2D eigenvalue weighted by Crippen LogP contribution is -2.62. The average Bonchev–Trinajstić information content (AvgIpc) is 3.11. The Morgan fingerprint density at radius 3 is 2.38 bits per heavy atom.